The maximum atomic E-state index is 9.91. The Hall–Kier alpha value is -2.53. The number of pyridine rings is 1. The van der Waals surface area contributed by atoms with Crippen LogP contribution in [-0.4, -0.2) is 26.3 Å². The van der Waals surface area contributed by atoms with Crippen molar-refractivity contribution in [1.82, 2.24) is 15.0 Å². The molecule has 0 spiro atoms. The number of aliphatic hydroxyl groups excluding tert-OH is 1. The van der Waals surface area contributed by atoms with E-state index in [0.717, 1.165) is 24.2 Å². The largest absolute Gasteiger partial charge is 0.507 e. The molecule has 0 radical (unpaired) electrons. The van der Waals surface area contributed by atoms with Gasteiger partial charge in [-0.3, -0.25) is 0 Å². The topological polar surface area (TPSA) is 61.8 Å². The minimum absolute atomic E-state index is 0.141. The molecule has 0 unspecified atom stereocenters. The number of fused-ring (bicyclic) bond motifs is 1. The van der Waals surface area contributed by atoms with E-state index in [-0.39, 0.29) is 5.76 Å². The van der Waals surface area contributed by atoms with E-state index in [1.807, 2.05) is 6.07 Å². The number of nitrogens with zero attached hydrogens (tertiary/aromatic N) is 2. The van der Waals surface area contributed by atoms with Gasteiger partial charge in [-0.2, -0.15) is 0 Å². The van der Waals surface area contributed by atoms with Crippen molar-refractivity contribution < 1.29 is 5.11 Å². The number of hydrogen-bond acceptors (Lipinski definition) is 4. The molecular weight excluding hydrogens is 342 g/mol. The molecular formula is C21H27N3OS. The van der Waals surface area contributed by atoms with E-state index in [1.165, 1.54) is 10.5 Å². The van der Waals surface area contributed by atoms with Gasteiger partial charge >= 0.3 is 0 Å². The van der Waals surface area contributed by atoms with Crippen LogP contribution in [0.15, 0.2) is 66.8 Å². The molecule has 2 heterocycles. The minimum Gasteiger partial charge on any atom is -0.507 e. The summed E-state index contributed by atoms with van der Waals surface area (Å²) in [6, 6.07) is 1.85. The zero-order chi connectivity index (χ0) is 19.5. The van der Waals surface area contributed by atoms with Crippen LogP contribution in [0.2, 0.25) is 0 Å². The number of nitrogens with one attached hydrogen (secondary N) is 1. The summed E-state index contributed by atoms with van der Waals surface area (Å²) in [5, 5.41) is 9.91. The van der Waals surface area contributed by atoms with E-state index >= 15 is 0 Å². The van der Waals surface area contributed by atoms with Crippen molar-refractivity contribution in [2.45, 2.75) is 26.7 Å². The molecule has 2 aromatic rings. The predicted molar refractivity (Wildman–Crippen MR) is 115 cm³/mol. The van der Waals surface area contributed by atoms with Crippen molar-refractivity contribution in [2.75, 3.05) is 6.26 Å². The van der Waals surface area contributed by atoms with E-state index in [4.69, 9.17) is 0 Å². The second-order valence-corrected chi connectivity index (χ2v) is 6.46. The first kappa shape index (κ1) is 21.5. The number of aliphatic hydroxyl groups is 1. The third-order valence-electron chi connectivity index (χ3n) is 3.68. The molecule has 26 heavy (non-hydrogen) atoms. The van der Waals surface area contributed by atoms with Crippen LogP contribution in [0.1, 0.15) is 31.7 Å². The fraction of sp³-hybridized carbons (Fsp3) is 0.238. The van der Waals surface area contributed by atoms with E-state index in [1.54, 1.807) is 30.1 Å². The maximum absolute atomic E-state index is 9.91. The lowest BCUT2D eigenvalue weighted by molar-refractivity contribution is 0.511. The monoisotopic (exact) mass is 369 g/mol. The Morgan fingerprint density at radius 1 is 1.31 bits per heavy atom. The molecule has 0 saturated heterocycles. The van der Waals surface area contributed by atoms with Gasteiger partial charge in [0.1, 0.15) is 11.6 Å². The number of aromatic amines is 1. The van der Waals surface area contributed by atoms with Gasteiger partial charge in [0.25, 0.3) is 0 Å². The highest BCUT2D eigenvalue weighted by atomic mass is 32.2. The van der Waals surface area contributed by atoms with Crippen LogP contribution in [-0.2, 0) is 6.42 Å². The molecule has 0 atom stereocenters. The highest BCUT2D eigenvalue weighted by Gasteiger charge is 2.08. The van der Waals surface area contributed by atoms with E-state index in [9.17, 15) is 5.11 Å². The second-order valence-electron chi connectivity index (χ2n) is 5.40. The Bertz CT molecular complexity index is 831. The maximum Gasteiger partial charge on any atom is 0.177 e. The smallest absolute Gasteiger partial charge is 0.177 e. The van der Waals surface area contributed by atoms with Gasteiger partial charge in [0.2, 0.25) is 0 Å². The number of hydrogen-bond donors (Lipinski definition) is 2. The zero-order valence-corrected chi connectivity index (χ0v) is 16.6. The molecule has 2 N–H and O–H groups in total. The summed E-state index contributed by atoms with van der Waals surface area (Å²) in [5.74, 6) is 1.02. The molecule has 0 aliphatic carbocycles. The van der Waals surface area contributed by atoms with E-state index < -0.39 is 0 Å². The van der Waals surface area contributed by atoms with Crippen molar-refractivity contribution in [1.29, 1.82) is 0 Å². The van der Waals surface area contributed by atoms with Crippen LogP contribution in [0.3, 0.4) is 0 Å². The summed E-state index contributed by atoms with van der Waals surface area (Å²) in [5.41, 5.74) is 3.42. The predicted octanol–water partition coefficient (Wildman–Crippen LogP) is 5.99. The van der Waals surface area contributed by atoms with Crippen LogP contribution < -0.4 is 0 Å². The summed E-state index contributed by atoms with van der Waals surface area (Å²) in [6.45, 7) is 13.8. The van der Waals surface area contributed by atoms with Crippen LogP contribution >= 0.6 is 11.8 Å². The normalized spacial score (nSPS) is 12.7. The van der Waals surface area contributed by atoms with E-state index in [2.05, 4.69) is 66.9 Å². The number of aromatic nitrogens is 3. The number of thioether (sulfide) groups is 1. The first-order valence-electron chi connectivity index (χ1n) is 8.34. The molecule has 0 aliphatic rings. The lowest BCUT2D eigenvalue weighted by atomic mass is 10.1. The summed E-state index contributed by atoms with van der Waals surface area (Å²) in [7, 11) is 0. The second kappa shape index (κ2) is 11.2. The van der Waals surface area contributed by atoms with Crippen LogP contribution in [0, 0.1) is 0 Å². The highest BCUT2D eigenvalue weighted by molar-refractivity contribution is 8.02. The minimum atomic E-state index is 0.141. The Morgan fingerprint density at radius 2 is 2.04 bits per heavy atom. The van der Waals surface area contributed by atoms with Crippen LogP contribution in [0.4, 0.5) is 0 Å². The molecule has 0 fully saturated rings. The quantitative estimate of drug-likeness (QED) is 0.357. The number of H-pyrrole nitrogens is 1. The molecule has 2 aromatic heterocycles. The van der Waals surface area contributed by atoms with Crippen molar-refractivity contribution in [3.05, 3.63) is 78.2 Å². The molecule has 0 aliphatic heterocycles. The van der Waals surface area contributed by atoms with Gasteiger partial charge in [0, 0.05) is 18.2 Å². The van der Waals surface area contributed by atoms with Crippen LogP contribution in [0.25, 0.3) is 16.9 Å². The van der Waals surface area contributed by atoms with Crippen molar-refractivity contribution in [3.63, 3.8) is 0 Å². The Balaban J connectivity index is 0.00000163. The van der Waals surface area contributed by atoms with Crippen molar-refractivity contribution >= 4 is 28.7 Å². The molecule has 5 heteroatoms. The molecule has 0 aromatic carbocycles. The number of allylic oxidation sites excluding steroid dienone is 6. The molecule has 2 rings (SSSR count). The molecule has 0 saturated carbocycles. The number of rotatable bonds is 7. The lowest BCUT2D eigenvalue weighted by Gasteiger charge is -2.01. The Labute approximate surface area is 160 Å². The van der Waals surface area contributed by atoms with Gasteiger partial charge in [0.15, 0.2) is 5.65 Å². The van der Waals surface area contributed by atoms with Gasteiger partial charge in [-0.1, -0.05) is 37.3 Å². The number of imidazole rings is 1. The average Bonchev–Trinajstić information content (AvgIpc) is 3.08. The Morgan fingerprint density at radius 3 is 2.65 bits per heavy atom. The Kier molecular flexibility index (Phi) is 9.23. The lowest BCUT2D eigenvalue weighted by Crippen LogP contribution is -1.92. The van der Waals surface area contributed by atoms with Gasteiger partial charge in [-0.25, -0.2) is 9.97 Å². The third-order valence-corrected chi connectivity index (χ3v) is 4.46. The summed E-state index contributed by atoms with van der Waals surface area (Å²) in [6.07, 6.45) is 12.8. The van der Waals surface area contributed by atoms with Crippen molar-refractivity contribution in [3.8, 4) is 0 Å². The van der Waals surface area contributed by atoms with Crippen molar-refractivity contribution in [2.24, 2.45) is 0 Å². The van der Waals surface area contributed by atoms with Gasteiger partial charge in [0.05, 0.1) is 5.52 Å². The van der Waals surface area contributed by atoms with E-state index in [0.29, 0.717) is 11.2 Å². The third kappa shape index (κ3) is 6.08. The standard InChI is InChI=1S/C19H23N3OS.C2H4/c1-5-7-17(23)15-11-16-19(20-12-15)22-18(21-16)10-14(6-2)9-8-13(3)24-4;1-2/h5,7-9,11-12,23H,1,6,10H2,2-4H3,(H,20,21,22);1-2H2/b13-8+,14-9+,17-7-;. The first-order valence-corrected chi connectivity index (χ1v) is 9.56. The summed E-state index contributed by atoms with van der Waals surface area (Å²) in [4.78, 5) is 13.4. The first-order chi connectivity index (χ1) is 12.6. The SMILES string of the molecule is C=C.C=C/C=C(\O)c1cnc2nc(C/C(=C/C=C(\C)SC)CC)[nH]c2c1. The zero-order valence-electron chi connectivity index (χ0n) is 15.7. The molecule has 0 amide bonds. The van der Waals surface area contributed by atoms with Gasteiger partial charge < -0.3 is 10.1 Å². The molecule has 0 bridgehead atoms. The van der Waals surface area contributed by atoms with Gasteiger partial charge in [-0.15, -0.1) is 24.9 Å². The van der Waals surface area contributed by atoms with Crippen LogP contribution in [0.5, 0.6) is 0 Å². The average molecular weight is 370 g/mol. The summed E-state index contributed by atoms with van der Waals surface area (Å²) >= 11 is 1.74. The van der Waals surface area contributed by atoms with Gasteiger partial charge in [-0.05, 0) is 36.6 Å². The fourth-order valence-electron chi connectivity index (χ4n) is 2.20. The highest BCUT2D eigenvalue weighted by Crippen LogP contribution is 2.18. The summed E-state index contributed by atoms with van der Waals surface area (Å²) < 4.78 is 0. The molecule has 138 valence electrons. The fourth-order valence-corrected chi connectivity index (χ4v) is 2.41. The molecule has 4 nitrogen and oxygen atoms in total.